The highest BCUT2D eigenvalue weighted by atomic mass is 16.3. The maximum Gasteiger partial charge on any atom is 0.257 e. The summed E-state index contributed by atoms with van der Waals surface area (Å²) in [5.41, 5.74) is 6.28. The molecule has 21 heavy (non-hydrogen) atoms. The van der Waals surface area contributed by atoms with Crippen molar-refractivity contribution in [3.63, 3.8) is 0 Å². The van der Waals surface area contributed by atoms with E-state index in [0.29, 0.717) is 17.6 Å². The smallest absolute Gasteiger partial charge is 0.257 e. The van der Waals surface area contributed by atoms with Crippen LogP contribution in [0.3, 0.4) is 0 Å². The first-order chi connectivity index (χ1) is 10.1. The first kappa shape index (κ1) is 14.3. The summed E-state index contributed by atoms with van der Waals surface area (Å²) in [4.78, 5) is 20.5. The fraction of sp³-hybridized carbons (Fsp3) is 0.600. The zero-order chi connectivity index (χ0) is 14.8. The van der Waals surface area contributed by atoms with Crippen LogP contribution in [0.4, 0.5) is 0 Å². The molecule has 1 atom stereocenters. The number of hydrogen-bond donors (Lipinski definition) is 2. The number of carbonyl (C=O) groups excluding carboxylic acids is 1. The number of piperidine rings is 1. The molecule has 2 saturated heterocycles. The molecule has 0 aromatic carbocycles. The molecule has 3 heterocycles. The first-order valence-corrected chi connectivity index (χ1v) is 7.57. The van der Waals surface area contributed by atoms with Gasteiger partial charge in [-0.3, -0.25) is 14.7 Å². The Bertz CT molecular complexity index is 514. The Morgan fingerprint density at radius 1 is 1.29 bits per heavy atom. The Morgan fingerprint density at radius 2 is 2.05 bits per heavy atom. The number of aromatic hydroxyl groups is 1. The number of rotatable bonds is 2. The van der Waals surface area contributed by atoms with Gasteiger partial charge in [0.2, 0.25) is 0 Å². The average molecular weight is 290 g/mol. The minimum absolute atomic E-state index is 0.0464. The Labute approximate surface area is 124 Å². The van der Waals surface area contributed by atoms with Gasteiger partial charge in [-0.15, -0.1) is 0 Å². The number of amides is 1. The molecule has 2 aliphatic rings. The second kappa shape index (κ2) is 5.99. The van der Waals surface area contributed by atoms with E-state index in [2.05, 4.69) is 9.88 Å². The molecule has 6 nitrogen and oxygen atoms in total. The zero-order valence-corrected chi connectivity index (χ0v) is 12.1. The molecule has 114 valence electrons. The highest BCUT2D eigenvalue weighted by molar-refractivity contribution is 5.96. The molecule has 1 amide bonds. The van der Waals surface area contributed by atoms with E-state index in [9.17, 15) is 9.90 Å². The molecule has 1 unspecified atom stereocenters. The summed E-state index contributed by atoms with van der Waals surface area (Å²) < 4.78 is 0. The van der Waals surface area contributed by atoms with Crippen LogP contribution in [0.2, 0.25) is 0 Å². The third kappa shape index (κ3) is 3.01. The molecule has 6 heteroatoms. The number of likely N-dealkylation sites (tertiary alicyclic amines) is 2. The van der Waals surface area contributed by atoms with Crippen molar-refractivity contribution in [1.29, 1.82) is 0 Å². The van der Waals surface area contributed by atoms with Gasteiger partial charge >= 0.3 is 0 Å². The number of nitrogens with two attached hydrogens (primary N) is 1. The summed E-state index contributed by atoms with van der Waals surface area (Å²) in [6, 6.07) is 2.32. The molecule has 3 rings (SSSR count). The van der Waals surface area contributed by atoms with Gasteiger partial charge in [0.25, 0.3) is 5.91 Å². The van der Waals surface area contributed by atoms with Crippen molar-refractivity contribution in [3.05, 3.63) is 24.0 Å². The molecule has 2 fully saturated rings. The highest BCUT2D eigenvalue weighted by Gasteiger charge is 2.32. The van der Waals surface area contributed by atoms with E-state index in [-0.39, 0.29) is 11.7 Å². The van der Waals surface area contributed by atoms with E-state index in [1.807, 2.05) is 4.90 Å². The van der Waals surface area contributed by atoms with Crippen molar-refractivity contribution in [3.8, 4) is 5.75 Å². The maximum atomic E-state index is 12.4. The molecule has 2 aliphatic heterocycles. The fourth-order valence-corrected chi connectivity index (χ4v) is 3.25. The Hall–Kier alpha value is -1.66. The monoisotopic (exact) mass is 290 g/mol. The quantitative estimate of drug-likeness (QED) is 0.825. The summed E-state index contributed by atoms with van der Waals surface area (Å²) in [7, 11) is 0. The molecule has 0 spiro atoms. The van der Waals surface area contributed by atoms with Crippen molar-refractivity contribution in [2.45, 2.75) is 31.3 Å². The fourth-order valence-electron chi connectivity index (χ4n) is 3.25. The second-order valence-electron chi connectivity index (χ2n) is 5.96. The van der Waals surface area contributed by atoms with Gasteiger partial charge in [0.1, 0.15) is 5.75 Å². The standard InChI is InChI=1S/C15H22N4O2/c16-11-2-6-18(7-3-11)12-4-8-19(10-12)15(21)13-1-5-17-9-14(13)20/h1,5,9,11-12,20H,2-4,6-8,10,16H2. The largest absolute Gasteiger partial charge is 0.505 e. The van der Waals surface area contributed by atoms with Gasteiger partial charge in [0, 0.05) is 31.4 Å². The molecule has 0 radical (unpaired) electrons. The Balaban J connectivity index is 1.62. The molecule has 1 aromatic heterocycles. The van der Waals surface area contributed by atoms with Crippen LogP contribution in [0.5, 0.6) is 5.75 Å². The molecular formula is C15H22N4O2. The summed E-state index contributed by atoms with van der Waals surface area (Å²) in [6.45, 7) is 3.52. The molecular weight excluding hydrogens is 268 g/mol. The molecule has 1 aromatic rings. The third-order valence-electron chi connectivity index (χ3n) is 4.57. The van der Waals surface area contributed by atoms with Crippen LogP contribution >= 0.6 is 0 Å². The Kier molecular flexibility index (Phi) is 4.07. The zero-order valence-electron chi connectivity index (χ0n) is 12.1. The van der Waals surface area contributed by atoms with Crippen LogP contribution in [0.1, 0.15) is 29.6 Å². The van der Waals surface area contributed by atoms with Crippen molar-refractivity contribution in [1.82, 2.24) is 14.8 Å². The summed E-state index contributed by atoms with van der Waals surface area (Å²) in [5.74, 6) is -0.152. The highest BCUT2D eigenvalue weighted by Crippen LogP contribution is 2.23. The normalized spacial score (nSPS) is 24.4. The second-order valence-corrected chi connectivity index (χ2v) is 5.96. The summed E-state index contributed by atoms with van der Waals surface area (Å²) in [5, 5.41) is 9.75. The maximum absolute atomic E-state index is 12.4. The van der Waals surface area contributed by atoms with Gasteiger partial charge in [-0.25, -0.2) is 0 Å². The van der Waals surface area contributed by atoms with Crippen LogP contribution in [-0.4, -0.2) is 64.1 Å². The van der Waals surface area contributed by atoms with E-state index < -0.39 is 0 Å². The van der Waals surface area contributed by atoms with E-state index >= 15 is 0 Å². The predicted octanol–water partition coefficient (Wildman–Crippen LogP) is 0.425. The van der Waals surface area contributed by atoms with Crippen molar-refractivity contribution in [2.75, 3.05) is 26.2 Å². The van der Waals surface area contributed by atoms with Crippen molar-refractivity contribution >= 4 is 5.91 Å². The number of pyridine rings is 1. The molecule has 0 saturated carbocycles. The lowest BCUT2D eigenvalue weighted by molar-refractivity contribution is 0.0766. The van der Waals surface area contributed by atoms with Gasteiger partial charge in [-0.1, -0.05) is 0 Å². The van der Waals surface area contributed by atoms with Crippen LogP contribution in [-0.2, 0) is 0 Å². The minimum atomic E-state index is -0.105. The van der Waals surface area contributed by atoms with E-state index in [1.165, 1.54) is 12.4 Å². The number of nitrogens with zero attached hydrogens (tertiary/aromatic N) is 3. The van der Waals surface area contributed by atoms with Crippen LogP contribution < -0.4 is 5.73 Å². The van der Waals surface area contributed by atoms with Crippen LogP contribution in [0.15, 0.2) is 18.5 Å². The van der Waals surface area contributed by atoms with E-state index in [0.717, 1.165) is 45.4 Å². The number of carbonyl (C=O) groups is 1. The van der Waals surface area contributed by atoms with E-state index in [1.54, 1.807) is 6.07 Å². The number of aromatic nitrogens is 1. The predicted molar refractivity (Wildman–Crippen MR) is 79.0 cm³/mol. The lowest BCUT2D eigenvalue weighted by atomic mass is 10.0. The third-order valence-corrected chi connectivity index (χ3v) is 4.57. The molecule has 0 aliphatic carbocycles. The van der Waals surface area contributed by atoms with Gasteiger partial charge in [0.15, 0.2) is 0 Å². The summed E-state index contributed by atoms with van der Waals surface area (Å²) in [6.07, 6.45) is 5.91. The number of hydrogen-bond acceptors (Lipinski definition) is 5. The van der Waals surface area contributed by atoms with Crippen molar-refractivity contribution in [2.24, 2.45) is 5.73 Å². The van der Waals surface area contributed by atoms with E-state index in [4.69, 9.17) is 5.73 Å². The molecule has 3 N–H and O–H groups in total. The first-order valence-electron chi connectivity index (χ1n) is 7.57. The lowest BCUT2D eigenvalue weighted by Gasteiger charge is -2.34. The van der Waals surface area contributed by atoms with Gasteiger partial charge in [-0.2, -0.15) is 0 Å². The minimum Gasteiger partial charge on any atom is -0.505 e. The molecule has 0 bridgehead atoms. The van der Waals surface area contributed by atoms with Gasteiger partial charge in [-0.05, 0) is 38.4 Å². The van der Waals surface area contributed by atoms with Gasteiger partial charge < -0.3 is 15.7 Å². The van der Waals surface area contributed by atoms with Crippen LogP contribution in [0, 0.1) is 0 Å². The topological polar surface area (TPSA) is 82.7 Å². The lowest BCUT2D eigenvalue weighted by Crippen LogP contribution is -2.46. The Morgan fingerprint density at radius 3 is 2.76 bits per heavy atom. The average Bonchev–Trinajstić information content (AvgIpc) is 2.98. The van der Waals surface area contributed by atoms with Crippen molar-refractivity contribution < 1.29 is 9.90 Å². The van der Waals surface area contributed by atoms with Crippen LogP contribution in [0.25, 0.3) is 0 Å². The van der Waals surface area contributed by atoms with Gasteiger partial charge in [0.05, 0.1) is 11.8 Å². The summed E-state index contributed by atoms with van der Waals surface area (Å²) >= 11 is 0. The SMILES string of the molecule is NC1CCN(C2CCN(C(=O)c3ccncc3O)C2)CC1.